The highest BCUT2D eigenvalue weighted by atomic mass is 32.1. The maximum atomic E-state index is 12.4. The monoisotopic (exact) mass is 279 g/mol. The Hall–Kier alpha value is -1.10. The summed E-state index contributed by atoms with van der Waals surface area (Å²) in [5, 5.41) is 3.72. The molecule has 0 saturated heterocycles. The number of fused-ring (bicyclic) bond motifs is 1. The van der Waals surface area contributed by atoms with Crippen LogP contribution < -0.4 is 11.1 Å². The van der Waals surface area contributed by atoms with E-state index in [1.807, 2.05) is 6.92 Å². The highest BCUT2D eigenvalue weighted by Crippen LogP contribution is 2.44. The maximum Gasteiger partial charge on any atom is 0.263 e. The van der Waals surface area contributed by atoms with Gasteiger partial charge in [0.1, 0.15) is 4.88 Å². The van der Waals surface area contributed by atoms with Gasteiger partial charge in [0.15, 0.2) is 5.13 Å². The van der Waals surface area contributed by atoms with Gasteiger partial charge in [-0.25, -0.2) is 4.98 Å². The lowest BCUT2D eigenvalue weighted by atomic mass is 9.97. The molecular formula is C14H21N3OS. The van der Waals surface area contributed by atoms with E-state index in [0.717, 1.165) is 24.5 Å². The van der Waals surface area contributed by atoms with Crippen LogP contribution in [0.4, 0.5) is 5.13 Å². The van der Waals surface area contributed by atoms with Crippen LogP contribution in [-0.4, -0.2) is 16.9 Å². The molecule has 3 atom stereocenters. The molecule has 1 aromatic heterocycles. The molecule has 2 aliphatic rings. The van der Waals surface area contributed by atoms with Crippen molar-refractivity contribution in [2.75, 3.05) is 5.73 Å². The minimum absolute atomic E-state index is 0.0311. The fourth-order valence-corrected chi connectivity index (χ4v) is 4.59. The van der Waals surface area contributed by atoms with Crippen LogP contribution in [-0.2, 0) is 6.42 Å². The van der Waals surface area contributed by atoms with Gasteiger partial charge in [-0.2, -0.15) is 0 Å². The zero-order valence-corrected chi connectivity index (χ0v) is 12.1. The number of aryl methyl sites for hydroxylation is 1. The molecule has 0 spiro atoms. The van der Waals surface area contributed by atoms with E-state index in [1.54, 1.807) is 0 Å². The molecular weight excluding hydrogens is 258 g/mol. The Balaban J connectivity index is 1.71. The lowest BCUT2D eigenvalue weighted by Gasteiger charge is -2.19. The third-order valence-electron chi connectivity index (χ3n) is 4.65. The molecule has 0 aliphatic heterocycles. The first-order valence-electron chi connectivity index (χ1n) is 7.25. The van der Waals surface area contributed by atoms with Crippen molar-refractivity contribution in [1.82, 2.24) is 10.3 Å². The number of rotatable bonds is 3. The molecule has 0 bridgehead atoms. The molecule has 2 fully saturated rings. The number of carbonyl (C=O) groups excluding carboxylic acids is 1. The number of amides is 1. The normalized spacial score (nSPS) is 29.4. The molecule has 0 radical (unpaired) electrons. The molecule has 2 saturated carbocycles. The second-order valence-electron chi connectivity index (χ2n) is 5.69. The van der Waals surface area contributed by atoms with Gasteiger partial charge in [-0.05, 0) is 37.5 Å². The second kappa shape index (κ2) is 5.12. The van der Waals surface area contributed by atoms with Crippen LogP contribution in [0.15, 0.2) is 0 Å². The first-order valence-corrected chi connectivity index (χ1v) is 8.06. The number of nitrogens with zero attached hydrogens (tertiary/aromatic N) is 1. The number of aromatic nitrogens is 1. The molecule has 1 heterocycles. The fraction of sp³-hybridized carbons (Fsp3) is 0.714. The summed E-state index contributed by atoms with van der Waals surface area (Å²) in [5.74, 6) is 1.59. The average Bonchev–Trinajstić information content (AvgIpc) is 3.05. The van der Waals surface area contributed by atoms with E-state index in [4.69, 9.17) is 5.73 Å². The molecule has 19 heavy (non-hydrogen) atoms. The predicted molar refractivity (Wildman–Crippen MR) is 77.2 cm³/mol. The van der Waals surface area contributed by atoms with Crippen molar-refractivity contribution in [3.8, 4) is 0 Å². The van der Waals surface area contributed by atoms with E-state index in [9.17, 15) is 4.79 Å². The number of nitrogens with two attached hydrogens (primary N) is 1. The molecule has 0 unspecified atom stereocenters. The van der Waals surface area contributed by atoms with E-state index < -0.39 is 0 Å². The lowest BCUT2D eigenvalue weighted by molar-refractivity contribution is 0.0929. The summed E-state index contributed by atoms with van der Waals surface area (Å²) in [7, 11) is 0. The van der Waals surface area contributed by atoms with Gasteiger partial charge in [0.2, 0.25) is 0 Å². The highest BCUT2D eigenvalue weighted by Gasteiger charge is 2.39. The Labute approximate surface area is 117 Å². The van der Waals surface area contributed by atoms with Crippen molar-refractivity contribution in [3.05, 3.63) is 10.6 Å². The van der Waals surface area contributed by atoms with Gasteiger partial charge in [0, 0.05) is 6.04 Å². The van der Waals surface area contributed by atoms with E-state index >= 15 is 0 Å². The van der Waals surface area contributed by atoms with Crippen LogP contribution in [0, 0.1) is 11.8 Å². The summed E-state index contributed by atoms with van der Waals surface area (Å²) in [5.41, 5.74) is 6.55. The molecule has 1 amide bonds. The number of hydrogen-bond acceptors (Lipinski definition) is 4. The minimum atomic E-state index is 0.0311. The number of carbonyl (C=O) groups is 1. The Bertz CT molecular complexity index is 485. The summed E-state index contributed by atoms with van der Waals surface area (Å²) >= 11 is 1.31. The van der Waals surface area contributed by atoms with E-state index in [0.29, 0.717) is 22.0 Å². The Morgan fingerprint density at radius 1 is 1.42 bits per heavy atom. The Morgan fingerprint density at radius 2 is 2.26 bits per heavy atom. The summed E-state index contributed by atoms with van der Waals surface area (Å²) in [6.45, 7) is 2.01. The standard InChI is InChI=1S/C14H21N3OS/c1-2-10-12(19-14(15)17-10)13(18)16-11-7-6-8-4-3-5-9(8)11/h8-9,11H,2-7H2,1H3,(H2,15,17)(H,16,18)/t8-,9-,11-/m1/s1. The van der Waals surface area contributed by atoms with Gasteiger partial charge < -0.3 is 11.1 Å². The van der Waals surface area contributed by atoms with Gasteiger partial charge in [0.05, 0.1) is 5.69 Å². The zero-order chi connectivity index (χ0) is 13.4. The van der Waals surface area contributed by atoms with Crippen LogP contribution in [0.25, 0.3) is 0 Å². The van der Waals surface area contributed by atoms with Crippen molar-refractivity contribution in [1.29, 1.82) is 0 Å². The highest BCUT2D eigenvalue weighted by molar-refractivity contribution is 7.17. The topological polar surface area (TPSA) is 68.0 Å². The minimum Gasteiger partial charge on any atom is -0.375 e. The smallest absolute Gasteiger partial charge is 0.263 e. The predicted octanol–water partition coefficient (Wildman–Crippen LogP) is 2.60. The summed E-state index contributed by atoms with van der Waals surface area (Å²) in [6.07, 6.45) is 7.13. The van der Waals surface area contributed by atoms with Crippen molar-refractivity contribution in [3.63, 3.8) is 0 Å². The summed E-state index contributed by atoms with van der Waals surface area (Å²) in [4.78, 5) is 17.3. The molecule has 104 valence electrons. The zero-order valence-electron chi connectivity index (χ0n) is 11.3. The van der Waals surface area contributed by atoms with Gasteiger partial charge in [-0.1, -0.05) is 31.1 Å². The lowest BCUT2D eigenvalue weighted by Crippen LogP contribution is -2.37. The SMILES string of the molecule is CCc1nc(N)sc1C(=O)N[C@@H]1CC[C@H]2CCC[C@H]21. The fourth-order valence-electron chi connectivity index (χ4n) is 3.76. The molecule has 1 aromatic rings. The first-order chi connectivity index (χ1) is 9.19. The van der Waals surface area contributed by atoms with Crippen molar-refractivity contribution in [2.24, 2.45) is 11.8 Å². The number of hydrogen-bond donors (Lipinski definition) is 2. The molecule has 0 aromatic carbocycles. The van der Waals surface area contributed by atoms with Crippen LogP contribution in [0.5, 0.6) is 0 Å². The number of nitrogen functional groups attached to an aromatic ring is 1. The molecule has 5 heteroatoms. The van der Waals surface area contributed by atoms with Gasteiger partial charge in [-0.15, -0.1) is 0 Å². The Morgan fingerprint density at radius 3 is 3.05 bits per heavy atom. The average molecular weight is 279 g/mol. The maximum absolute atomic E-state index is 12.4. The van der Waals surface area contributed by atoms with Crippen LogP contribution in [0.2, 0.25) is 0 Å². The van der Waals surface area contributed by atoms with E-state index in [-0.39, 0.29) is 5.91 Å². The summed E-state index contributed by atoms with van der Waals surface area (Å²) in [6, 6.07) is 0.369. The third kappa shape index (κ3) is 2.36. The second-order valence-corrected chi connectivity index (χ2v) is 6.72. The largest absolute Gasteiger partial charge is 0.375 e. The van der Waals surface area contributed by atoms with Gasteiger partial charge in [-0.3, -0.25) is 4.79 Å². The molecule has 3 rings (SSSR count). The molecule has 4 nitrogen and oxygen atoms in total. The molecule has 2 aliphatic carbocycles. The van der Waals surface area contributed by atoms with E-state index in [1.165, 1.54) is 37.0 Å². The van der Waals surface area contributed by atoms with Crippen LogP contribution >= 0.6 is 11.3 Å². The van der Waals surface area contributed by atoms with Gasteiger partial charge >= 0.3 is 0 Å². The van der Waals surface area contributed by atoms with Gasteiger partial charge in [0.25, 0.3) is 5.91 Å². The Kier molecular flexibility index (Phi) is 3.48. The first kappa shape index (κ1) is 12.9. The summed E-state index contributed by atoms with van der Waals surface area (Å²) < 4.78 is 0. The van der Waals surface area contributed by atoms with Crippen LogP contribution in [0.1, 0.15) is 54.4 Å². The third-order valence-corrected chi connectivity index (χ3v) is 5.58. The number of nitrogens with one attached hydrogen (secondary N) is 1. The number of anilines is 1. The molecule has 3 N–H and O–H groups in total. The van der Waals surface area contributed by atoms with Crippen LogP contribution in [0.3, 0.4) is 0 Å². The van der Waals surface area contributed by atoms with Crippen molar-refractivity contribution >= 4 is 22.4 Å². The van der Waals surface area contributed by atoms with E-state index in [2.05, 4.69) is 10.3 Å². The van der Waals surface area contributed by atoms with Crippen molar-refractivity contribution < 1.29 is 4.79 Å². The van der Waals surface area contributed by atoms with Crippen molar-refractivity contribution in [2.45, 2.75) is 51.5 Å². The number of thiazole rings is 1. The quantitative estimate of drug-likeness (QED) is 0.893.